The van der Waals surface area contributed by atoms with Crippen LogP contribution in [-0.2, 0) is 4.79 Å². The fraction of sp³-hybridized carbons (Fsp3) is 0.562. The molecule has 1 aromatic carbocycles. The van der Waals surface area contributed by atoms with Crippen molar-refractivity contribution in [3.05, 3.63) is 24.3 Å². The highest BCUT2D eigenvalue weighted by atomic mass is 16.2. The van der Waals surface area contributed by atoms with Crippen LogP contribution in [0, 0.1) is 5.92 Å². The predicted octanol–water partition coefficient (Wildman–Crippen LogP) is 2.59. The van der Waals surface area contributed by atoms with E-state index < -0.39 is 0 Å². The molecule has 4 nitrogen and oxygen atoms in total. The van der Waals surface area contributed by atoms with E-state index in [0.717, 1.165) is 37.3 Å². The molecule has 3 N–H and O–H groups in total. The number of amides is 1. The average Bonchev–Trinajstić information content (AvgIpc) is 3.28. The van der Waals surface area contributed by atoms with Gasteiger partial charge in [-0.15, -0.1) is 0 Å². The minimum Gasteiger partial charge on any atom is -0.382 e. The summed E-state index contributed by atoms with van der Waals surface area (Å²) in [5, 5.41) is 9.97. The van der Waals surface area contributed by atoms with Crippen molar-refractivity contribution < 1.29 is 4.79 Å². The number of benzene rings is 1. The molecule has 2 aliphatic rings. The van der Waals surface area contributed by atoms with Crippen molar-refractivity contribution >= 4 is 17.3 Å². The highest BCUT2D eigenvalue weighted by Crippen LogP contribution is 2.30. The summed E-state index contributed by atoms with van der Waals surface area (Å²) in [4.78, 5) is 11.7. The molecule has 0 radical (unpaired) electrons. The van der Waals surface area contributed by atoms with E-state index >= 15 is 0 Å². The fourth-order valence-electron chi connectivity index (χ4n) is 2.64. The average molecular weight is 273 g/mol. The van der Waals surface area contributed by atoms with Gasteiger partial charge in [0.1, 0.15) is 0 Å². The maximum atomic E-state index is 11.7. The van der Waals surface area contributed by atoms with Crippen LogP contribution in [0.25, 0.3) is 0 Å². The summed E-state index contributed by atoms with van der Waals surface area (Å²) in [6.07, 6.45) is 5.70. The van der Waals surface area contributed by atoms with Crippen molar-refractivity contribution in [2.45, 2.75) is 38.1 Å². The van der Waals surface area contributed by atoms with Crippen LogP contribution in [0.3, 0.4) is 0 Å². The standard InChI is InChI=1S/C16H23N3O/c20-16(12-3-4-12)19-15-7-5-14(6-8-15)18-13-2-1-10-17-11-9-13/h5-8,12-13,17-18H,1-4,9-11H2,(H,19,20). The van der Waals surface area contributed by atoms with Crippen LogP contribution in [0.2, 0.25) is 0 Å². The second kappa shape index (κ2) is 6.27. The monoisotopic (exact) mass is 273 g/mol. The second-order valence-electron chi connectivity index (χ2n) is 5.86. The lowest BCUT2D eigenvalue weighted by Crippen LogP contribution is -2.21. The number of anilines is 2. The quantitative estimate of drug-likeness (QED) is 0.790. The van der Waals surface area contributed by atoms with Crippen LogP contribution in [0.5, 0.6) is 0 Å². The maximum absolute atomic E-state index is 11.7. The van der Waals surface area contributed by atoms with Crippen LogP contribution < -0.4 is 16.0 Å². The smallest absolute Gasteiger partial charge is 0.227 e. The first-order chi connectivity index (χ1) is 9.81. The van der Waals surface area contributed by atoms with E-state index in [0.29, 0.717) is 6.04 Å². The number of hydrogen-bond acceptors (Lipinski definition) is 3. The first-order valence-corrected chi connectivity index (χ1v) is 7.69. The van der Waals surface area contributed by atoms with Crippen molar-refractivity contribution in [2.75, 3.05) is 23.7 Å². The fourth-order valence-corrected chi connectivity index (χ4v) is 2.64. The molecule has 1 heterocycles. The summed E-state index contributed by atoms with van der Waals surface area (Å²) in [7, 11) is 0. The molecular formula is C16H23N3O. The van der Waals surface area contributed by atoms with Gasteiger partial charge in [0.25, 0.3) is 0 Å². The van der Waals surface area contributed by atoms with Crippen molar-refractivity contribution in [1.29, 1.82) is 0 Å². The van der Waals surface area contributed by atoms with Gasteiger partial charge >= 0.3 is 0 Å². The van der Waals surface area contributed by atoms with Gasteiger partial charge < -0.3 is 16.0 Å². The van der Waals surface area contributed by atoms with E-state index in [1.54, 1.807) is 0 Å². The Bertz CT molecular complexity index is 445. The summed E-state index contributed by atoms with van der Waals surface area (Å²) in [5.41, 5.74) is 2.04. The van der Waals surface area contributed by atoms with Gasteiger partial charge in [-0.25, -0.2) is 0 Å². The van der Waals surface area contributed by atoms with E-state index in [1.165, 1.54) is 19.3 Å². The molecule has 1 saturated heterocycles. The first-order valence-electron chi connectivity index (χ1n) is 7.69. The molecule has 1 aliphatic heterocycles. The maximum Gasteiger partial charge on any atom is 0.227 e. The molecular weight excluding hydrogens is 250 g/mol. The van der Waals surface area contributed by atoms with E-state index in [9.17, 15) is 4.79 Å². The zero-order valence-corrected chi connectivity index (χ0v) is 11.8. The third kappa shape index (κ3) is 3.73. The highest BCUT2D eigenvalue weighted by molar-refractivity contribution is 5.94. The summed E-state index contributed by atoms with van der Waals surface area (Å²) >= 11 is 0. The van der Waals surface area contributed by atoms with Crippen molar-refractivity contribution in [1.82, 2.24) is 5.32 Å². The van der Waals surface area contributed by atoms with Crippen LogP contribution in [0.1, 0.15) is 32.1 Å². The SMILES string of the molecule is O=C(Nc1ccc(NC2CCCNCC2)cc1)C1CC1. The minimum absolute atomic E-state index is 0.167. The van der Waals surface area contributed by atoms with Gasteiger partial charge in [0.2, 0.25) is 5.91 Å². The third-order valence-electron chi connectivity index (χ3n) is 4.05. The van der Waals surface area contributed by atoms with Crippen molar-refractivity contribution in [3.8, 4) is 0 Å². The topological polar surface area (TPSA) is 53.2 Å². The van der Waals surface area contributed by atoms with Crippen LogP contribution in [0.15, 0.2) is 24.3 Å². The molecule has 1 aliphatic carbocycles. The summed E-state index contributed by atoms with van der Waals surface area (Å²) < 4.78 is 0. The van der Waals surface area contributed by atoms with E-state index in [1.807, 2.05) is 12.1 Å². The lowest BCUT2D eigenvalue weighted by Gasteiger charge is -2.17. The predicted molar refractivity (Wildman–Crippen MR) is 81.9 cm³/mol. The van der Waals surface area contributed by atoms with Crippen LogP contribution >= 0.6 is 0 Å². The zero-order chi connectivity index (χ0) is 13.8. The highest BCUT2D eigenvalue weighted by Gasteiger charge is 2.29. The number of carbonyl (C=O) groups is 1. The molecule has 4 heteroatoms. The summed E-state index contributed by atoms with van der Waals surface area (Å²) in [6, 6.07) is 8.63. The Morgan fingerprint density at radius 2 is 1.75 bits per heavy atom. The van der Waals surface area contributed by atoms with Gasteiger partial charge in [0, 0.05) is 23.3 Å². The Morgan fingerprint density at radius 1 is 1.00 bits per heavy atom. The van der Waals surface area contributed by atoms with Crippen molar-refractivity contribution in [3.63, 3.8) is 0 Å². The van der Waals surface area contributed by atoms with Gasteiger partial charge in [-0.2, -0.15) is 0 Å². The molecule has 0 bridgehead atoms. The molecule has 108 valence electrons. The molecule has 1 atom stereocenters. The number of nitrogens with one attached hydrogen (secondary N) is 3. The number of hydrogen-bond donors (Lipinski definition) is 3. The Kier molecular flexibility index (Phi) is 4.21. The molecule has 0 spiro atoms. The first kappa shape index (κ1) is 13.4. The lowest BCUT2D eigenvalue weighted by molar-refractivity contribution is -0.117. The van der Waals surface area contributed by atoms with Gasteiger partial charge in [-0.05, 0) is 69.5 Å². The Labute approximate surface area is 120 Å². The molecule has 2 fully saturated rings. The summed E-state index contributed by atoms with van der Waals surface area (Å²) in [5.74, 6) is 0.423. The minimum atomic E-state index is 0.167. The number of carbonyl (C=O) groups excluding carboxylic acids is 1. The molecule has 20 heavy (non-hydrogen) atoms. The van der Waals surface area contributed by atoms with Gasteiger partial charge in [0.05, 0.1) is 0 Å². The zero-order valence-electron chi connectivity index (χ0n) is 11.8. The Hall–Kier alpha value is -1.55. The van der Waals surface area contributed by atoms with Gasteiger partial charge in [0.15, 0.2) is 0 Å². The molecule has 1 aromatic rings. The second-order valence-corrected chi connectivity index (χ2v) is 5.86. The van der Waals surface area contributed by atoms with Crippen LogP contribution in [-0.4, -0.2) is 25.0 Å². The molecule has 1 unspecified atom stereocenters. The van der Waals surface area contributed by atoms with Crippen LogP contribution in [0.4, 0.5) is 11.4 Å². The largest absolute Gasteiger partial charge is 0.382 e. The van der Waals surface area contributed by atoms with E-state index in [2.05, 4.69) is 28.1 Å². The Morgan fingerprint density at radius 3 is 2.50 bits per heavy atom. The van der Waals surface area contributed by atoms with Crippen molar-refractivity contribution in [2.24, 2.45) is 5.92 Å². The molecule has 1 saturated carbocycles. The summed E-state index contributed by atoms with van der Waals surface area (Å²) in [6.45, 7) is 2.22. The molecule has 1 amide bonds. The van der Waals surface area contributed by atoms with Gasteiger partial charge in [-0.3, -0.25) is 4.79 Å². The normalized spacial score (nSPS) is 22.9. The number of rotatable bonds is 4. The third-order valence-corrected chi connectivity index (χ3v) is 4.05. The van der Waals surface area contributed by atoms with Gasteiger partial charge in [-0.1, -0.05) is 0 Å². The Balaban J connectivity index is 1.53. The van der Waals surface area contributed by atoms with E-state index in [4.69, 9.17) is 0 Å². The molecule has 3 rings (SSSR count). The molecule has 0 aromatic heterocycles. The van der Waals surface area contributed by atoms with E-state index in [-0.39, 0.29) is 11.8 Å². The lowest BCUT2D eigenvalue weighted by atomic mass is 10.1.